The zero-order valence-electron chi connectivity index (χ0n) is 13.0. The van der Waals surface area contributed by atoms with Crippen LogP contribution in [0.2, 0.25) is 0 Å². The highest BCUT2D eigenvalue weighted by molar-refractivity contribution is 5.76. The fraction of sp³-hybridized carbons (Fsp3) is 0.750. The van der Waals surface area contributed by atoms with Crippen molar-refractivity contribution in [3.8, 4) is 0 Å². The average molecular weight is 290 g/mol. The first kappa shape index (κ1) is 14.6. The van der Waals surface area contributed by atoms with Crippen LogP contribution >= 0.6 is 0 Å². The van der Waals surface area contributed by atoms with Gasteiger partial charge in [-0.2, -0.15) is 5.10 Å². The molecule has 0 unspecified atom stereocenters. The number of amides is 1. The molecule has 1 aromatic rings. The van der Waals surface area contributed by atoms with E-state index in [1.807, 2.05) is 19.4 Å². The topological polar surface area (TPSA) is 41.4 Å². The van der Waals surface area contributed by atoms with Crippen LogP contribution in [0, 0.1) is 5.92 Å². The third-order valence-corrected chi connectivity index (χ3v) is 4.54. The van der Waals surface area contributed by atoms with Crippen LogP contribution in [0.15, 0.2) is 12.4 Å². The molecule has 0 N–H and O–H groups in total. The maximum Gasteiger partial charge on any atom is 0.222 e. The Bertz CT molecular complexity index is 480. The van der Waals surface area contributed by atoms with Crippen molar-refractivity contribution in [3.05, 3.63) is 18.0 Å². The van der Waals surface area contributed by atoms with Gasteiger partial charge < -0.3 is 9.80 Å². The van der Waals surface area contributed by atoms with Crippen LogP contribution in [0.25, 0.3) is 0 Å². The van der Waals surface area contributed by atoms with Gasteiger partial charge in [-0.25, -0.2) is 0 Å². The number of hydrogen-bond donors (Lipinski definition) is 0. The van der Waals surface area contributed by atoms with Gasteiger partial charge in [0.05, 0.1) is 6.20 Å². The Kier molecular flexibility index (Phi) is 4.58. The molecule has 1 saturated carbocycles. The number of aryl methyl sites for hydroxylation is 2. The molecular weight excluding hydrogens is 264 g/mol. The molecule has 1 aliphatic carbocycles. The largest absolute Gasteiger partial charge is 0.341 e. The quantitative estimate of drug-likeness (QED) is 0.821. The van der Waals surface area contributed by atoms with Gasteiger partial charge in [-0.05, 0) is 43.7 Å². The Balaban J connectivity index is 1.43. The molecule has 0 aromatic carbocycles. The van der Waals surface area contributed by atoms with E-state index in [1.165, 1.54) is 19.4 Å². The molecule has 21 heavy (non-hydrogen) atoms. The van der Waals surface area contributed by atoms with E-state index in [-0.39, 0.29) is 0 Å². The van der Waals surface area contributed by atoms with Crippen molar-refractivity contribution in [2.45, 2.75) is 32.1 Å². The Labute approximate surface area is 126 Å². The minimum atomic E-state index is 0.298. The molecule has 2 aliphatic rings. The van der Waals surface area contributed by atoms with Gasteiger partial charge in [-0.15, -0.1) is 0 Å². The van der Waals surface area contributed by atoms with E-state index in [0.29, 0.717) is 12.3 Å². The molecule has 2 heterocycles. The minimum Gasteiger partial charge on any atom is -0.341 e. The van der Waals surface area contributed by atoms with E-state index >= 15 is 0 Å². The summed E-state index contributed by atoms with van der Waals surface area (Å²) in [6.45, 7) is 5.28. The van der Waals surface area contributed by atoms with Crippen LogP contribution in [-0.2, 0) is 18.3 Å². The summed E-state index contributed by atoms with van der Waals surface area (Å²) in [5, 5.41) is 4.15. The molecule has 1 saturated heterocycles. The summed E-state index contributed by atoms with van der Waals surface area (Å²) >= 11 is 0. The van der Waals surface area contributed by atoms with Crippen LogP contribution in [0.3, 0.4) is 0 Å². The first-order valence-corrected chi connectivity index (χ1v) is 8.18. The molecule has 3 rings (SSSR count). The summed E-state index contributed by atoms with van der Waals surface area (Å²) in [5.41, 5.74) is 1.15. The van der Waals surface area contributed by atoms with E-state index < -0.39 is 0 Å². The molecule has 0 atom stereocenters. The van der Waals surface area contributed by atoms with E-state index in [0.717, 1.165) is 50.5 Å². The summed E-state index contributed by atoms with van der Waals surface area (Å²) < 4.78 is 1.79. The molecule has 5 nitrogen and oxygen atoms in total. The van der Waals surface area contributed by atoms with Gasteiger partial charge >= 0.3 is 0 Å². The Morgan fingerprint density at radius 2 is 2.14 bits per heavy atom. The Morgan fingerprint density at radius 3 is 2.86 bits per heavy atom. The van der Waals surface area contributed by atoms with Crippen molar-refractivity contribution in [2.75, 3.05) is 32.7 Å². The number of aromatic nitrogens is 2. The molecule has 1 aromatic heterocycles. The smallest absolute Gasteiger partial charge is 0.222 e. The molecular formula is C16H26N4O. The van der Waals surface area contributed by atoms with Gasteiger partial charge in [0.25, 0.3) is 0 Å². The number of carbonyl (C=O) groups is 1. The van der Waals surface area contributed by atoms with Crippen molar-refractivity contribution in [1.29, 1.82) is 0 Å². The van der Waals surface area contributed by atoms with Crippen molar-refractivity contribution in [3.63, 3.8) is 0 Å². The van der Waals surface area contributed by atoms with Gasteiger partial charge in [-0.1, -0.05) is 0 Å². The number of rotatable bonds is 5. The fourth-order valence-corrected chi connectivity index (χ4v) is 3.08. The molecule has 116 valence electrons. The Morgan fingerprint density at radius 1 is 1.29 bits per heavy atom. The molecule has 0 radical (unpaired) electrons. The molecule has 0 bridgehead atoms. The van der Waals surface area contributed by atoms with Gasteiger partial charge in [0.1, 0.15) is 0 Å². The highest BCUT2D eigenvalue weighted by Crippen LogP contribution is 2.29. The predicted octanol–water partition coefficient (Wildman–Crippen LogP) is 1.30. The highest BCUT2D eigenvalue weighted by atomic mass is 16.2. The predicted molar refractivity (Wildman–Crippen MR) is 81.9 cm³/mol. The highest BCUT2D eigenvalue weighted by Gasteiger charge is 2.26. The fourth-order valence-electron chi connectivity index (χ4n) is 3.08. The summed E-state index contributed by atoms with van der Waals surface area (Å²) in [7, 11) is 1.91. The van der Waals surface area contributed by atoms with E-state index in [1.54, 1.807) is 4.68 Å². The van der Waals surface area contributed by atoms with Crippen LogP contribution in [-0.4, -0.2) is 58.2 Å². The normalized spacial score (nSPS) is 20.5. The van der Waals surface area contributed by atoms with Gasteiger partial charge in [0.15, 0.2) is 0 Å². The lowest BCUT2D eigenvalue weighted by Crippen LogP contribution is -2.35. The van der Waals surface area contributed by atoms with Crippen LogP contribution < -0.4 is 0 Å². The Hall–Kier alpha value is -1.36. The van der Waals surface area contributed by atoms with Crippen LogP contribution in [0.5, 0.6) is 0 Å². The second kappa shape index (κ2) is 6.60. The van der Waals surface area contributed by atoms with Gasteiger partial charge in [-0.3, -0.25) is 9.48 Å². The van der Waals surface area contributed by atoms with E-state index in [9.17, 15) is 4.79 Å². The van der Waals surface area contributed by atoms with E-state index in [4.69, 9.17) is 0 Å². The molecule has 0 spiro atoms. The first-order chi connectivity index (χ1) is 10.2. The lowest BCUT2D eigenvalue weighted by Gasteiger charge is -2.22. The third-order valence-electron chi connectivity index (χ3n) is 4.54. The van der Waals surface area contributed by atoms with Gasteiger partial charge in [0.2, 0.25) is 5.91 Å². The SMILES string of the molecule is Cn1cc(CCC(=O)N2CCCN(CC3CC3)CC2)cn1. The zero-order chi connectivity index (χ0) is 14.7. The lowest BCUT2D eigenvalue weighted by molar-refractivity contribution is -0.131. The number of hydrogen-bond acceptors (Lipinski definition) is 3. The first-order valence-electron chi connectivity index (χ1n) is 8.18. The second-order valence-electron chi connectivity index (χ2n) is 6.50. The standard InChI is InChI=1S/C16H26N4O/c1-18-12-15(11-17-18)5-6-16(21)20-8-2-7-19(9-10-20)13-14-3-4-14/h11-12,14H,2-10,13H2,1H3. The monoisotopic (exact) mass is 290 g/mol. The molecule has 2 fully saturated rings. The van der Waals surface area contributed by atoms with Crippen molar-refractivity contribution in [1.82, 2.24) is 19.6 Å². The zero-order valence-corrected chi connectivity index (χ0v) is 13.0. The summed E-state index contributed by atoms with van der Waals surface area (Å²) in [5.74, 6) is 1.24. The third kappa shape index (κ3) is 4.30. The maximum atomic E-state index is 12.4. The van der Waals surface area contributed by atoms with Crippen molar-refractivity contribution >= 4 is 5.91 Å². The van der Waals surface area contributed by atoms with Crippen molar-refractivity contribution in [2.24, 2.45) is 13.0 Å². The average Bonchev–Trinajstić information content (AvgIpc) is 3.23. The summed E-state index contributed by atoms with van der Waals surface area (Å²) in [6.07, 6.45) is 9.18. The van der Waals surface area contributed by atoms with Crippen molar-refractivity contribution < 1.29 is 4.79 Å². The van der Waals surface area contributed by atoms with Crippen LogP contribution in [0.1, 0.15) is 31.2 Å². The summed E-state index contributed by atoms with van der Waals surface area (Å²) in [6, 6.07) is 0. The lowest BCUT2D eigenvalue weighted by atomic mass is 10.2. The summed E-state index contributed by atoms with van der Waals surface area (Å²) in [4.78, 5) is 17.0. The maximum absolute atomic E-state index is 12.4. The van der Waals surface area contributed by atoms with Gasteiger partial charge in [0, 0.05) is 45.8 Å². The number of carbonyl (C=O) groups excluding carboxylic acids is 1. The molecule has 1 aliphatic heterocycles. The van der Waals surface area contributed by atoms with Crippen LogP contribution in [0.4, 0.5) is 0 Å². The minimum absolute atomic E-state index is 0.298. The van der Waals surface area contributed by atoms with E-state index in [2.05, 4.69) is 14.9 Å². The molecule has 5 heteroatoms. The molecule has 1 amide bonds. The number of nitrogens with zero attached hydrogens (tertiary/aromatic N) is 4. The second-order valence-corrected chi connectivity index (χ2v) is 6.50.